The molecule has 66 valence electrons. The van der Waals surface area contributed by atoms with Crippen LogP contribution in [-0.4, -0.2) is 26.6 Å². The van der Waals surface area contributed by atoms with Gasteiger partial charge in [-0.05, 0) is 13.8 Å². The molecule has 3 nitrogen and oxygen atoms in total. The highest BCUT2D eigenvalue weighted by Gasteiger charge is 2.02. The molecule has 0 aromatic rings. The first-order valence-electron chi connectivity index (χ1n) is 3.90. The Labute approximate surface area is 73.9 Å². The molecule has 0 bridgehead atoms. The Bertz CT molecular complexity index is 221. The number of carbonyl (C=O) groups excluding carboxylic acids is 1. The second kappa shape index (κ2) is 5.58. The second-order valence-corrected chi connectivity index (χ2v) is 2.54. The molecule has 0 atom stereocenters. The van der Waals surface area contributed by atoms with E-state index in [-0.39, 0.29) is 5.97 Å². The van der Waals surface area contributed by atoms with Gasteiger partial charge < -0.3 is 4.74 Å². The van der Waals surface area contributed by atoms with Crippen molar-refractivity contribution in [2.45, 2.75) is 20.2 Å². The molecule has 0 radical (unpaired) electrons. The van der Waals surface area contributed by atoms with Crippen molar-refractivity contribution in [3.8, 4) is 0 Å². The van der Waals surface area contributed by atoms with E-state index in [2.05, 4.69) is 9.73 Å². The zero-order valence-electron chi connectivity index (χ0n) is 8.05. The summed E-state index contributed by atoms with van der Waals surface area (Å²) in [7, 11) is 3.38. The van der Waals surface area contributed by atoms with E-state index >= 15 is 0 Å². The second-order valence-electron chi connectivity index (χ2n) is 2.54. The van der Waals surface area contributed by atoms with Crippen LogP contribution in [0.5, 0.6) is 0 Å². The number of esters is 1. The van der Waals surface area contributed by atoms with Crippen LogP contribution in [0.1, 0.15) is 13.8 Å². The van der Waals surface area contributed by atoms with Crippen LogP contribution < -0.4 is 0 Å². The van der Waals surface area contributed by atoms with Crippen LogP contribution in [0.4, 0.5) is 0 Å². The number of ether oxygens (including phenoxy) is 1. The van der Waals surface area contributed by atoms with Gasteiger partial charge in [-0.3, -0.25) is 4.99 Å². The van der Waals surface area contributed by atoms with Crippen LogP contribution in [0.3, 0.4) is 0 Å². The van der Waals surface area contributed by atoms with E-state index in [4.69, 9.17) is 0 Å². The van der Waals surface area contributed by atoms with Gasteiger partial charge in [-0.1, -0.05) is 11.9 Å². The molecule has 0 aliphatic heterocycles. The van der Waals surface area contributed by atoms with Gasteiger partial charge >= 0.3 is 5.97 Å². The van der Waals surface area contributed by atoms with Gasteiger partial charge in [-0.2, -0.15) is 0 Å². The maximum Gasteiger partial charge on any atom is 0.352 e. The number of methoxy groups -OCH3 is 1. The van der Waals surface area contributed by atoms with Crippen LogP contribution in [0.15, 0.2) is 16.8 Å². The SMILES string of the molecule is BC/C(C)=C/N=C(\C)C(=O)OC. The van der Waals surface area contributed by atoms with Crippen LogP contribution in [0.2, 0.25) is 6.32 Å². The number of hydrogen-bond donors (Lipinski definition) is 0. The Hall–Kier alpha value is -1.06. The third-order valence-electron chi connectivity index (χ3n) is 1.52. The molecule has 12 heavy (non-hydrogen) atoms. The van der Waals surface area contributed by atoms with Crippen molar-refractivity contribution in [2.75, 3.05) is 7.11 Å². The molecule has 0 aliphatic carbocycles. The lowest BCUT2D eigenvalue weighted by atomic mass is 9.99. The Balaban J connectivity index is 4.27. The van der Waals surface area contributed by atoms with Crippen molar-refractivity contribution in [1.29, 1.82) is 0 Å². The number of allylic oxidation sites excluding steroid dienone is 1. The lowest BCUT2D eigenvalue weighted by Crippen LogP contribution is -2.11. The first-order valence-corrected chi connectivity index (χ1v) is 3.90. The first kappa shape index (κ1) is 10.9. The molecule has 0 amide bonds. The fourth-order valence-electron chi connectivity index (χ4n) is 0.499. The quantitative estimate of drug-likeness (QED) is 0.350. The van der Waals surface area contributed by atoms with E-state index in [9.17, 15) is 4.79 Å². The van der Waals surface area contributed by atoms with Gasteiger partial charge in [0.25, 0.3) is 0 Å². The lowest BCUT2D eigenvalue weighted by molar-refractivity contribution is -0.132. The van der Waals surface area contributed by atoms with Crippen LogP contribution >= 0.6 is 0 Å². The fourth-order valence-corrected chi connectivity index (χ4v) is 0.499. The maximum absolute atomic E-state index is 10.8. The number of nitrogens with zero attached hydrogens (tertiary/aromatic N) is 1. The fraction of sp³-hybridized carbons (Fsp3) is 0.500. The largest absolute Gasteiger partial charge is 0.465 e. The summed E-state index contributed by atoms with van der Waals surface area (Å²) in [6.07, 6.45) is 2.63. The predicted octanol–water partition coefficient (Wildman–Crippen LogP) is 0.575. The van der Waals surface area contributed by atoms with E-state index in [1.54, 1.807) is 13.1 Å². The van der Waals surface area contributed by atoms with Gasteiger partial charge in [0.1, 0.15) is 13.6 Å². The minimum Gasteiger partial charge on any atom is -0.465 e. The summed E-state index contributed by atoms with van der Waals surface area (Å²) >= 11 is 0. The van der Waals surface area contributed by atoms with Crippen molar-refractivity contribution in [1.82, 2.24) is 0 Å². The summed E-state index contributed by atoms with van der Waals surface area (Å²) in [5.74, 6) is -0.379. The molecule has 0 saturated heterocycles. The zero-order chi connectivity index (χ0) is 9.56. The molecule has 0 unspecified atom stereocenters. The molecule has 0 fully saturated rings. The Kier molecular flexibility index (Phi) is 5.09. The third-order valence-corrected chi connectivity index (χ3v) is 1.52. The Morgan fingerprint density at radius 3 is 2.58 bits per heavy atom. The van der Waals surface area contributed by atoms with Crippen LogP contribution in [-0.2, 0) is 9.53 Å². The van der Waals surface area contributed by atoms with E-state index in [0.29, 0.717) is 5.71 Å². The number of hydrogen-bond acceptors (Lipinski definition) is 3. The van der Waals surface area contributed by atoms with Crippen molar-refractivity contribution in [3.63, 3.8) is 0 Å². The highest BCUT2D eigenvalue weighted by atomic mass is 16.5. The standard InChI is InChI=1S/C8H14BNO2/c1-6(4-9)5-10-7(2)8(11)12-3/h5H,4,9H2,1-3H3/b6-5+,10-7+. The van der Waals surface area contributed by atoms with Crippen molar-refractivity contribution in [2.24, 2.45) is 4.99 Å². The topological polar surface area (TPSA) is 38.7 Å². The van der Waals surface area contributed by atoms with E-state index in [1.807, 2.05) is 14.8 Å². The Morgan fingerprint density at radius 2 is 2.17 bits per heavy atom. The average molecular weight is 167 g/mol. The summed E-state index contributed by atoms with van der Waals surface area (Å²) in [6, 6.07) is 0. The normalized spacial score (nSPS) is 12.9. The monoisotopic (exact) mass is 167 g/mol. The van der Waals surface area contributed by atoms with Crippen molar-refractivity contribution >= 4 is 19.5 Å². The number of rotatable bonds is 3. The van der Waals surface area contributed by atoms with Gasteiger partial charge in [0, 0.05) is 6.20 Å². The molecular weight excluding hydrogens is 153 g/mol. The molecule has 0 N–H and O–H groups in total. The lowest BCUT2D eigenvalue weighted by Gasteiger charge is -1.95. The highest BCUT2D eigenvalue weighted by molar-refractivity contribution is 6.35. The summed E-state index contributed by atoms with van der Waals surface area (Å²) in [4.78, 5) is 14.8. The van der Waals surface area contributed by atoms with Gasteiger partial charge in [0.2, 0.25) is 0 Å². The van der Waals surface area contributed by atoms with Crippen LogP contribution in [0, 0.1) is 0 Å². The minimum absolute atomic E-state index is 0.379. The smallest absolute Gasteiger partial charge is 0.352 e. The average Bonchev–Trinajstić information content (AvgIpc) is 2.11. The molecular formula is C8H14BNO2. The Morgan fingerprint density at radius 1 is 1.58 bits per heavy atom. The maximum atomic E-state index is 10.8. The molecule has 0 saturated carbocycles. The van der Waals surface area contributed by atoms with E-state index < -0.39 is 0 Å². The third kappa shape index (κ3) is 3.96. The van der Waals surface area contributed by atoms with Crippen molar-refractivity contribution < 1.29 is 9.53 Å². The van der Waals surface area contributed by atoms with Gasteiger partial charge in [0.15, 0.2) is 0 Å². The number of aliphatic imine (C=N–C) groups is 1. The predicted molar refractivity (Wildman–Crippen MR) is 52.2 cm³/mol. The zero-order valence-corrected chi connectivity index (χ0v) is 8.05. The summed E-state index contributed by atoms with van der Waals surface area (Å²) in [6.45, 7) is 3.60. The first-order chi connectivity index (χ1) is 5.61. The van der Waals surface area contributed by atoms with Gasteiger partial charge in [0.05, 0.1) is 7.11 Å². The molecule has 0 aromatic carbocycles. The molecule has 0 heterocycles. The van der Waals surface area contributed by atoms with Crippen molar-refractivity contribution in [3.05, 3.63) is 11.8 Å². The summed E-state index contributed by atoms with van der Waals surface area (Å²) < 4.78 is 4.48. The molecule has 0 spiro atoms. The highest BCUT2D eigenvalue weighted by Crippen LogP contribution is 1.97. The molecule has 0 aliphatic rings. The molecule has 0 rings (SSSR count). The number of carbonyl (C=O) groups is 1. The molecule has 0 aromatic heterocycles. The van der Waals surface area contributed by atoms with Crippen LogP contribution in [0.25, 0.3) is 0 Å². The van der Waals surface area contributed by atoms with Gasteiger partial charge in [-0.25, -0.2) is 4.79 Å². The molecule has 4 heteroatoms. The van der Waals surface area contributed by atoms with Gasteiger partial charge in [-0.15, -0.1) is 0 Å². The summed E-state index contributed by atoms with van der Waals surface area (Å²) in [5.41, 5.74) is 1.52. The van der Waals surface area contributed by atoms with E-state index in [1.165, 1.54) is 7.11 Å². The summed E-state index contributed by atoms with van der Waals surface area (Å²) in [5, 5.41) is 0. The van der Waals surface area contributed by atoms with E-state index in [0.717, 1.165) is 11.9 Å². The minimum atomic E-state index is -0.379.